The Morgan fingerprint density at radius 1 is 1.29 bits per heavy atom. The molecule has 0 fully saturated rings. The summed E-state index contributed by atoms with van der Waals surface area (Å²) in [6.07, 6.45) is 0.825. The predicted molar refractivity (Wildman–Crippen MR) is 70.8 cm³/mol. The summed E-state index contributed by atoms with van der Waals surface area (Å²) in [6.45, 7) is 7.32. The van der Waals surface area contributed by atoms with E-state index in [4.69, 9.17) is 5.84 Å². The second-order valence-electron chi connectivity index (χ2n) is 5.50. The van der Waals surface area contributed by atoms with Crippen LogP contribution in [0.15, 0.2) is 6.07 Å². The van der Waals surface area contributed by atoms with Gasteiger partial charge in [0.05, 0.1) is 5.69 Å². The lowest BCUT2D eigenvalue weighted by atomic mass is 9.92. The molecule has 0 aliphatic carbocycles. The van der Waals surface area contributed by atoms with Crippen LogP contribution in [-0.2, 0) is 11.8 Å². The fraction of sp³-hybridized carbons (Fsp3) is 0.667. The lowest BCUT2D eigenvalue weighted by Gasteiger charge is -2.19. The SMILES string of the molecule is CN(C)CCc1nc(NN)cc(C(C)(C)C)n1. The summed E-state index contributed by atoms with van der Waals surface area (Å²) in [5.74, 6) is 6.95. The number of aromatic nitrogens is 2. The van der Waals surface area contributed by atoms with Gasteiger partial charge < -0.3 is 10.3 Å². The Morgan fingerprint density at radius 2 is 1.94 bits per heavy atom. The molecule has 0 unspecified atom stereocenters. The molecule has 1 heterocycles. The van der Waals surface area contributed by atoms with Crippen LogP contribution >= 0.6 is 0 Å². The molecule has 0 aromatic carbocycles. The molecule has 1 aromatic rings. The second kappa shape index (κ2) is 5.42. The first-order valence-corrected chi connectivity index (χ1v) is 5.82. The fourth-order valence-corrected chi connectivity index (χ4v) is 1.39. The maximum absolute atomic E-state index is 5.44. The van der Waals surface area contributed by atoms with Crippen LogP contribution in [0.4, 0.5) is 5.82 Å². The summed E-state index contributed by atoms with van der Waals surface area (Å²) in [4.78, 5) is 11.1. The number of nitrogens with two attached hydrogens (primary N) is 1. The third-order valence-corrected chi connectivity index (χ3v) is 2.47. The van der Waals surface area contributed by atoms with Gasteiger partial charge in [-0.2, -0.15) is 0 Å². The Kier molecular flexibility index (Phi) is 4.42. The van der Waals surface area contributed by atoms with E-state index in [-0.39, 0.29) is 5.41 Å². The topological polar surface area (TPSA) is 67.1 Å². The Labute approximate surface area is 103 Å². The first kappa shape index (κ1) is 13.9. The van der Waals surface area contributed by atoms with E-state index < -0.39 is 0 Å². The largest absolute Gasteiger partial charge is 0.309 e. The van der Waals surface area contributed by atoms with Gasteiger partial charge in [0.25, 0.3) is 0 Å². The summed E-state index contributed by atoms with van der Waals surface area (Å²) >= 11 is 0. The van der Waals surface area contributed by atoms with Crippen LogP contribution in [0.2, 0.25) is 0 Å². The van der Waals surface area contributed by atoms with Crippen molar-refractivity contribution in [2.75, 3.05) is 26.1 Å². The van der Waals surface area contributed by atoms with Crippen molar-refractivity contribution in [2.24, 2.45) is 5.84 Å². The average Bonchev–Trinajstić information content (AvgIpc) is 2.24. The number of hydrazine groups is 1. The Hall–Kier alpha value is -1.20. The van der Waals surface area contributed by atoms with Crippen molar-refractivity contribution in [3.05, 3.63) is 17.6 Å². The summed E-state index contributed by atoms with van der Waals surface area (Å²) < 4.78 is 0. The molecule has 0 aliphatic heterocycles. The van der Waals surface area contributed by atoms with Crippen LogP contribution in [-0.4, -0.2) is 35.5 Å². The highest BCUT2D eigenvalue weighted by Gasteiger charge is 2.17. The van der Waals surface area contributed by atoms with Gasteiger partial charge in [-0.15, -0.1) is 0 Å². The minimum Gasteiger partial charge on any atom is -0.309 e. The minimum absolute atomic E-state index is 0.00140. The Bertz CT molecular complexity index is 368. The molecular formula is C12H23N5. The van der Waals surface area contributed by atoms with E-state index >= 15 is 0 Å². The summed E-state index contributed by atoms with van der Waals surface area (Å²) in [5, 5.41) is 0. The van der Waals surface area contributed by atoms with Crippen molar-refractivity contribution in [3.63, 3.8) is 0 Å². The zero-order valence-corrected chi connectivity index (χ0v) is 11.4. The van der Waals surface area contributed by atoms with Crippen molar-refractivity contribution < 1.29 is 0 Å². The van der Waals surface area contributed by atoms with E-state index in [0.29, 0.717) is 5.82 Å². The normalized spacial score (nSPS) is 11.9. The fourth-order valence-electron chi connectivity index (χ4n) is 1.39. The number of hydrogen-bond donors (Lipinski definition) is 2. The molecule has 0 atom stereocenters. The first-order chi connectivity index (χ1) is 7.82. The molecule has 1 rings (SSSR count). The monoisotopic (exact) mass is 237 g/mol. The second-order valence-corrected chi connectivity index (χ2v) is 5.50. The number of nitrogens with one attached hydrogen (secondary N) is 1. The van der Waals surface area contributed by atoms with Gasteiger partial charge in [-0.3, -0.25) is 0 Å². The van der Waals surface area contributed by atoms with Gasteiger partial charge in [0.15, 0.2) is 0 Å². The molecule has 17 heavy (non-hydrogen) atoms. The predicted octanol–water partition coefficient (Wildman–Crippen LogP) is 1.16. The molecule has 0 amide bonds. The van der Waals surface area contributed by atoms with E-state index in [0.717, 1.165) is 24.5 Å². The van der Waals surface area contributed by atoms with Gasteiger partial charge in [-0.1, -0.05) is 20.8 Å². The first-order valence-electron chi connectivity index (χ1n) is 5.82. The standard InChI is InChI=1S/C12H23N5/c1-12(2,3)9-8-11(16-13)15-10(14-9)6-7-17(4)5/h8H,6-7,13H2,1-5H3,(H,14,15,16). The average molecular weight is 237 g/mol. The van der Waals surface area contributed by atoms with E-state index in [9.17, 15) is 0 Å². The van der Waals surface area contributed by atoms with Crippen LogP contribution in [0.1, 0.15) is 32.3 Å². The highest BCUT2D eigenvalue weighted by molar-refractivity contribution is 5.36. The van der Waals surface area contributed by atoms with E-state index in [1.165, 1.54) is 0 Å². The number of nitrogens with zero attached hydrogens (tertiary/aromatic N) is 3. The summed E-state index contributed by atoms with van der Waals surface area (Å²) in [5.41, 5.74) is 3.61. The lowest BCUT2D eigenvalue weighted by Crippen LogP contribution is -2.21. The van der Waals surface area contributed by atoms with Gasteiger partial charge in [-0.25, -0.2) is 15.8 Å². The van der Waals surface area contributed by atoms with Crippen LogP contribution in [0.25, 0.3) is 0 Å². The molecule has 5 nitrogen and oxygen atoms in total. The summed E-state index contributed by atoms with van der Waals surface area (Å²) in [6, 6.07) is 1.90. The number of rotatable bonds is 4. The van der Waals surface area contributed by atoms with Gasteiger partial charge in [-0.05, 0) is 14.1 Å². The van der Waals surface area contributed by atoms with Crippen LogP contribution < -0.4 is 11.3 Å². The summed E-state index contributed by atoms with van der Waals surface area (Å²) in [7, 11) is 4.07. The molecule has 0 spiro atoms. The van der Waals surface area contributed by atoms with Crippen molar-refractivity contribution in [2.45, 2.75) is 32.6 Å². The smallest absolute Gasteiger partial charge is 0.143 e. The van der Waals surface area contributed by atoms with Crippen molar-refractivity contribution in [3.8, 4) is 0 Å². The van der Waals surface area contributed by atoms with Gasteiger partial charge in [0, 0.05) is 24.4 Å². The van der Waals surface area contributed by atoms with Crippen molar-refractivity contribution in [1.29, 1.82) is 0 Å². The van der Waals surface area contributed by atoms with Crippen molar-refractivity contribution >= 4 is 5.82 Å². The lowest BCUT2D eigenvalue weighted by molar-refractivity contribution is 0.408. The van der Waals surface area contributed by atoms with E-state index in [2.05, 4.69) is 41.1 Å². The number of likely N-dealkylation sites (N-methyl/N-ethyl adjacent to an activating group) is 1. The van der Waals surface area contributed by atoms with Crippen LogP contribution in [0.3, 0.4) is 0 Å². The maximum Gasteiger partial charge on any atom is 0.143 e. The minimum atomic E-state index is 0.00140. The highest BCUT2D eigenvalue weighted by Crippen LogP contribution is 2.22. The molecule has 0 saturated heterocycles. The van der Waals surface area contributed by atoms with Crippen LogP contribution in [0, 0.1) is 0 Å². The number of hydrogen-bond acceptors (Lipinski definition) is 5. The molecule has 0 radical (unpaired) electrons. The zero-order valence-electron chi connectivity index (χ0n) is 11.4. The maximum atomic E-state index is 5.44. The van der Waals surface area contributed by atoms with Gasteiger partial charge >= 0.3 is 0 Å². The molecule has 96 valence electrons. The van der Waals surface area contributed by atoms with Gasteiger partial charge in [0.1, 0.15) is 11.6 Å². The third-order valence-electron chi connectivity index (χ3n) is 2.47. The number of nitrogen functional groups attached to an aromatic ring is 1. The molecule has 0 aliphatic rings. The van der Waals surface area contributed by atoms with Crippen molar-refractivity contribution in [1.82, 2.24) is 14.9 Å². The molecule has 3 N–H and O–H groups in total. The molecular weight excluding hydrogens is 214 g/mol. The molecule has 0 bridgehead atoms. The molecule has 5 heteroatoms. The Balaban J connectivity index is 2.97. The molecule has 0 saturated carbocycles. The third kappa shape index (κ3) is 4.28. The zero-order chi connectivity index (χ0) is 13.1. The number of anilines is 1. The van der Waals surface area contributed by atoms with Crippen LogP contribution in [0.5, 0.6) is 0 Å². The Morgan fingerprint density at radius 3 is 2.41 bits per heavy atom. The highest BCUT2D eigenvalue weighted by atomic mass is 15.3. The molecule has 1 aromatic heterocycles. The van der Waals surface area contributed by atoms with E-state index in [1.807, 2.05) is 20.2 Å². The quantitative estimate of drug-likeness (QED) is 0.607. The van der Waals surface area contributed by atoms with Gasteiger partial charge in [0.2, 0.25) is 0 Å². The van der Waals surface area contributed by atoms with E-state index in [1.54, 1.807) is 0 Å².